The van der Waals surface area contributed by atoms with Gasteiger partial charge in [-0.2, -0.15) is 9.97 Å². The van der Waals surface area contributed by atoms with Gasteiger partial charge < -0.3 is 15.4 Å². The zero-order valence-corrected chi connectivity index (χ0v) is 20.2. The molecule has 34 heavy (non-hydrogen) atoms. The van der Waals surface area contributed by atoms with Crippen LogP contribution in [0.5, 0.6) is 0 Å². The molecular formula is C21H29N7O5S. The Morgan fingerprint density at radius 1 is 1.21 bits per heavy atom. The van der Waals surface area contributed by atoms with Gasteiger partial charge in [0.25, 0.3) is 0 Å². The highest BCUT2D eigenvalue weighted by molar-refractivity contribution is 7.92. The van der Waals surface area contributed by atoms with Crippen LogP contribution in [0.1, 0.15) is 25.8 Å². The van der Waals surface area contributed by atoms with Gasteiger partial charge in [0, 0.05) is 20.2 Å². The number of ether oxygens (including phenoxy) is 1. The van der Waals surface area contributed by atoms with Crippen LogP contribution in [-0.2, 0) is 21.3 Å². The minimum absolute atomic E-state index is 0.0141. The Balaban J connectivity index is 2.21. The molecule has 3 rings (SSSR count). The number of carbonyl (C=O) groups excluding carboxylic acids is 1. The van der Waals surface area contributed by atoms with E-state index in [4.69, 9.17) is 10.5 Å². The number of nitrogens with zero attached hydrogens (tertiary/aromatic N) is 5. The minimum atomic E-state index is -3.70. The number of benzene rings is 1. The van der Waals surface area contributed by atoms with E-state index in [0.29, 0.717) is 13.0 Å². The number of aromatic nitrogens is 4. The monoisotopic (exact) mass is 491 g/mol. The minimum Gasteiger partial charge on any atom is -0.383 e. The quantitative estimate of drug-likeness (QED) is 0.430. The Morgan fingerprint density at radius 2 is 1.91 bits per heavy atom. The molecule has 0 aliphatic rings. The van der Waals surface area contributed by atoms with Crippen molar-refractivity contribution in [2.75, 3.05) is 43.0 Å². The van der Waals surface area contributed by atoms with E-state index in [-0.39, 0.29) is 48.4 Å². The van der Waals surface area contributed by atoms with Crippen LogP contribution in [0, 0.1) is 0 Å². The lowest BCUT2D eigenvalue weighted by Crippen LogP contribution is -2.42. The van der Waals surface area contributed by atoms with Crippen LogP contribution in [-0.4, -0.2) is 71.0 Å². The SMILES string of the molecule is CCCS(=O)(=O)Nc1nc(N)c2c(n1)n(Cc1ccccc1)c(=O)n2C(=O)N(CC)CCOC. The number of anilines is 2. The van der Waals surface area contributed by atoms with E-state index in [0.717, 1.165) is 10.1 Å². The lowest BCUT2D eigenvalue weighted by Gasteiger charge is -2.20. The lowest BCUT2D eigenvalue weighted by atomic mass is 10.2. The molecule has 1 amide bonds. The molecule has 0 unspecified atom stereocenters. The van der Waals surface area contributed by atoms with Crippen molar-refractivity contribution in [3.05, 3.63) is 46.4 Å². The summed E-state index contributed by atoms with van der Waals surface area (Å²) >= 11 is 0. The van der Waals surface area contributed by atoms with Gasteiger partial charge in [-0.1, -0.05) is 37.3 Å². The number of fused-ring (bicyclic) bond motifs is 1. The number of likely N-dealkylation sites (N-methyl/N-ethyl adjacent to an activating group) is 1. The normalized spacial score (nSPS) is 11.6. The number of hydrogen-bond acceptors (Lipinski definition) is 8. The third-order valence-corrected chi connectivity index (χ3v) is 6.55. The molecule has 0 bridgehead atoms. The van der Waals surface area contributed by atoms with Crippen LogP contribution < -0.4 is 16.1 Å². The zero-order chi connectivity index (χ0) is 24.9. The Bertz CT molecular complexity index is 1320. The second kappa shape index (κ2) is 10.7. The summed E-state index contributed by atoms with van der Waals surface area (Å²) in [7, 11) is -2.19. The van der Waals surface area contributed by atoms with Crippen molar-refractivity contribution in [3.63, 3.8) is 0 Å². The van der Waals surface area contributed by atoms with Crippen molar-refractivity contribution >= 4 is 39.0 Å². The van der Waals surface area contributed by atoms with E-state index >= 15 is 0 Å². The molecule has 0 aliphatic carbocycles. The average Bonchev–Trinajstić information content (AvgIpc) is 3.06. The fourth-order valence-corrected chi connectivity index (χ4v) is 4.50. The standard InChI is InChI=1S/C21H29N7O5S/c1-4-13-34(31,32)25-19-23-17(22)16-18(24-19)27(14-15-9-7-6-8-10-15)21(30)28(16)20(29)26(5-2)11-12-33-3/h6-10H,4-5,11-14H2,1-3H3,(H3,22,23,24,25). The van der Waals surface area contributed by atoms with E-state index in [1.54, 1.807) is 13.8 Å². The summed E-state index contributed by atoms with van der Waals surface area (Å²) in [5.74, 6) is -0.592. The summed E-state index contributed by atoms with van der Waals surface area (Å²) in [5.41, 5.74) is 6.34. The van der Waals surface area contributed by atoms with Crippen LogP contribution in [0.3, 0.4) is 0 Å². The molecular weight excluding hydrogens is 462 g/mol. The van der Waals surface area contributed by atoms with Crippen LogP contribution in [0.2, 0.25) is 0 Å². The fraction of sp³-hybridized carbons (Fsp3) is 0.429. The van der Waals surface area contributed by atoms with Gasteiger partial charge in [0.15, 0.2) is 11.5 Å². The third-order valence-electron chi connectivity index (χ3n) is 5.11. The van der Waals surface area contributed by atoms with Crippen molar-refractivity contribution in [1.29, 1.82) is 0 Å². The molecule has 2 heterocycles. The van der Waals surface area contributed by atoms with Gasteiger partial charge in [0.1, 0.15) is 5.52 Å². The molecule has 13 heteroatoms. The molecule has 184 valence electrons. The second-order valence-electron chi connectivity index (χ2n) is 7.57. The van der Waals surface area contributed by atoms with Gasteiger partial charge in [0.05, 0.1) is 18.9 Å². The molecule has 3 N–H and O–H groups in total. The third kappa shape index (κ3) is 5.37. The zero-order valence-electron chi connectivity index (χ0n) is 19.4. The van der Waals surface area contributed by atoms with E-state index in [1.807, 2.05) is 30.3 Å². The van der Waals surface area contributed by atoms with Gasteiger partial charge >= 0.3 is 11.7 Å². The first-order valence-corrected chi connectivity index (χ1v) is 12.5. The summed E-state index contributed by atoms with van der Waals surface area (Å²) in [6, 6.07) is 8.53. The highest BCUT2D eigenvalue weighted by Crippen LogP contribution is 2.21. The molecule has 1 aromatic carbocycles. The molecule has 0 aliphatic heterocycles. The molecule has 2 aromatic heterocycles. The summed E-state index contributed by atoms with van der Waals surface area (Å²) in [6.07, 6.45) is 0.394. The molecule has 12 nitrogen and oxygen atoms in total. The van der Waals surface area contributed by atoms with E-state index in [1.165, 1.54) is 16.6 Å². The Labute approximate surface area is 197 Å². The number of nitrogens with two attached hydrogens (primary N) is 1. The van der Waals surface area contributed by atoms with E-state index in [2.05, 4.69) is 14.7 Å². The first-order chi connectivity index (χ1) is 16.2. The van der Waals surface area contributed by atoms with Gasteiger partial charge in [-0.05, 0) is 18.9 Å². The predicted octanol–water partition coefficient (Wildman–Crippen LogP) is 1.31. The first-order valence-electron chi connectivity index (χ1n) is 10.8. The molecule has 0 fully saturated rings. The van der Waals surface area contributed by atoms with Crippen molar-refractivity contribution in [2.45, 2.75) is 26.8 Å². The van der Waals surface area contributed by atoms with Crippen LogP contribution in [0.4, 0.5) is 16.6 Å². The summed E-state index contributed by atoms with van der Waals surface area (Å²) in [5, 5.41) is 0. The Morgan fingerprint density at radius 3 is 2.53 bits per heavy atom. The van der Waals surface area contributed by atoms with Crippen molar-refractivity contribution < 1.29 is 17.9 Å². The maximum atomic E-state index is 13.5. The number of methoxy groups -OCH3 is 1. The molecule has 3 aromatic rings. The largest absolute Gasteiger partial charge is 0.383 e. The van der Waals surface area contributed by atoms with Crippen molar-refractivity contribution in [2.24, 2.45) is 0 Å². The van der Waals surface area contributed by atoms with Gasteiger partial charge in [-0.15, -0.1) is 0 Å². The Kier molecular flexibility index (Phi) is 7.89. The van der Waals surface area contributed by atoms with Crippen LogP contribution >= 0.6 is 0 Å². The molecule has 0 atom stereocenters. The number of hydrogen-bond donors (Lipinski definition) is 2. The number of carbonyl (C=O) groups is 1. The van der Waals surface area contributed by atoms with E-state index < -0.39 is 21.7 Å². The molecule has 0 saturated heterocycles. The lowest BCUT2D eigenvalue weighted by molar-refractivity contribution is 0.152. The molecule has 0 radical (unpaired) electrons. The van der Waals surface area contributed by atoms with Gasteiger partial charge in [-0.3, -0.25) is 9.29 Å². The van der Waals surface area contributed by atoms with Crippen molar-refractivity contribution in [3.8, 4) is 0 Å². The maximum absolute atomic E-state index is 13.5. The number of rotatable bonds is 10. The summed E-state index contributed by atoms with van der Waals surface area (Å²) < 4.78 is 34.1. The highest BCUT2D eigenvalue weighted by Gasteiger charge is 2.27. The van der Waals surface area contributed by atoms with E-state index in [9.17, 15) is 18.0 Å². The van der Waals surface area contributed by atoms with Gasteiger partial charge in [-0.25, -0.2) is 22.6 Å². The van der Waals surface area contributed by atoms with Crippen LogP contribution in [0.15, 0.2) is 35.1 Å². The molecule has 0 spiro atoms. The topological polar surface area (TPSA) is 154 Å². The fourth-order valence-electron chi connectivity index (χ4n) is 3.49. The number of nitrogen functional groups attached to an aromatic ring is 1. The Hall–Kier alpha value is -3.45. The van der Waals surface area contributed by atoms with Crippen molar-refractivity contribution in [1.82, 2.24) is 24.0 Å². The number of nitrogens with one attached hydrogen (secondary N) is 1. The maximum Gasteiger partial charge on any atom is 0.339 e. The smallest absolute Gasteiger partial charge is 0.339 e. The summed E-state index contributed by atoms with van der Waals surface area (Å²) in [4.78, 5) is 36.5. The number of amides is 1. The number of sulfonamides is 1. The van der Waals surface area contributed by atoms with Crippen LogP contribution in [0.25, 0.3) is 11.2 Å². The summed E-state index contributed by atoms with van der Waals surface area (Å²) in [6.45, 7) is 4.48. The average molecular weight is 492 g/mol. The number of imidazole rings is 1. The van der Waals surface area contributed by atoms with Gasteiger partial charge in [0.2, 0.25) is 16.0 Å². The predicted molar refractivity (Wildman–Crippen MR) is 129 cm³/mol. The molecule has 0 saturated carbocycles. The second-order valence-corrected chi connectivity index (χ2v) is 9.41. The first kappa shape index (κ1) is 25.2. The highest BCUT2D eigenvalue weighted by atomic mass is 32.2.